The molecule has 2 aromatic carbocycles. The van der Waals surface area contributed by atoms with Crippen LogP contribution in [0.3, 0.4) is 0 Å². The summed E-state index contributed by atoms with van der Waals surface area (Å²) in [6.45, 7) is 5.56. The quantitative estimate of drug-likeness (QED) is 0.103. The topological polar surface area (TPSA) is 189 Å². The van der Waals surface area contributed by atoms with Gasteiger partial charge in [-0.2, -0.15) is 0 Å². The van der Waals surface area contributed by atoms with E-state index in [1.54, 1.807) is 35.2 Å². The summed E-state index contributed by atoms with van der Waals surface area (Å²) in [5.74, 6) is 0.410. The number of hydroxylamine groups is 2. The standard InChI is InChI=1S/C18H27N3O3.C16H24N4O3/c1-14-5-2-3-7-16(14)13-19-18(23)21-11-9-15(10-12-21)6-4-8-17(22)20-24;17-13-4-6-14(7-5-13)18-16(22)20-10-8-12(9-11-20)2-1-3-15(21)19-23/h2-3,5,7,15,24H,4,6,8-13H2,1H3,(H,19,23)(H,20,22);4-7,12,23H,1-3,8-11,17H2,(H,18,22)(H,19,21). The van der Waals surface area contributed by atoms with Crippen molar-refractivity contribution in [3.63, 3.8) is 0 Å². The Balaban J connectivity index is 0.000000256. The van der Waals surface area contributed by atoms with E-state index in [1.807, 2.05) is 41.0 Å². The lowest BCUT2D eigenvalue weighted by molar-refractivity contribution is -0.130. The van der Waals surface area contributed by atoms with Crippen LogP contribution in [0, 0.1) is 18.8 Å². The summed E-state index contributed by atoms with van der Waals surface area (Å²) in [5.41, 5.74) is 12.6. The lowest BCUT2D eigenvalue weighted by atomic mass is 9.91. The van der Waals surface area contributed by atoms with E-state index >= 15 is 0 Å². The molecule has 0 aromatic heterocycles. The van der Waals surface area contributed by atoms with E-state index in [9.17, 15) is 19.2 Å². The Hall–Kier alpha value is -4.36. The van der Waals surface area contributed by atoms with Crippen LogP contribution >= 0.6 is 0 Å². The molecule has 0 aliphatic carbocycles. The Kier molecular flexibility index (Phi) is 15.8. The van der Waals surface area contributed by atoms with E-state index in [2.05, 4.69) is 10.6 Å². The van der Waals surface area contributed by atoms with Gasteiger partial charge in [0.25, 0.3) is 0 Å². The Morgan fingerprint density at radius 1 is 0.745 bits per heavy atom. The Labute approximate surface area is 277 Å². The second kappa shape index (κ2) is 20.0. The van der Waals surface area contributed by atoms with Gasteiger partial charge >= 0.3 is 12.1 Å². The molecule has 6 amide bonds. The van der Waals surface area contributed by atoms with Gasteiger partial charge < -0.3 is 26.2 Å². The van der Waals surface area contributed by atoms with E-state index < -0.39 is 0 Å². The number of hydrogen-bond donors (Lipinski definition) is 7. The van der Waals surface area contributed by atoms with Crippen LogP contribution in [0.4, 0.5) is 21.0 Å². The Morgan fingerprint density at radius 2 is 1.23 bits per heavy atom. The zero-order valence-corrected chi connectivity index (χ0v) is 27.4. The number of amides is 6. The number of hydrogen-bond acceptors (Lipinski definition) is 7. The molecule has 2 aliphatic rings. The molecule has 0 saturated carbocycles. The van der Waals surface area contributed by atoms with E-state index in [1.165, 1.54) is 5.56 Å². The van der Waals surface area contributed by atoms with Crippen molar-refractivity contribution in [2.45, 2.75) is 77.7 Å². The molecule has 47 heavy (non-hydrogen) atoms. The van der Waals surface area contributed by atoms with Gasteiger partial charge in [-0.05, 0) is 106 Å². The molecule has 0 unspecified atom stereocenters. The van der Waals surface area contributed by atoms with Crippen LogP contribution < -0.4 is 27.3 Å². The molecular formula is C34H51N7O6. The minimum Gasteiger partial charge on any atom is -0.399 e. The molecule has 0 atom stereocenters. The van der Waals surface area contributed by atoms with Crippen LogP contribution in [0.25, 0.3) is 0 Å². The predicted octanol–water partition coefficient (Wildman–Crippen LogP) is 4.78. The van der Waals surface area contributed by atoms with E-state index in [-0.39, 0.29) is 23.9 Å². The maximum absolute atomic E-state index is 12.3. The number of nitrogens with zero attached hydrogens (tertiary/aromatic N) is 2. The summed E-state index contributed by atoms with van der Waals surface area (Å²) < 4.78 is 0. The van der Waals surface area contributed by atoms with Gasteiger partial charge in [0.15, 0.2) is 0 Å². The molecule has 258 valence electrons. The smallest absolute Gasteiger partial charge is 0.321 e. The first-order chi connectivity index (χ1) is 22.7. The monoisotopic (exact) mass is 653 g/mol. The number of carbonyl (C=O) groups is 4. The van der Waals surface area contributed by atoms with E-state index in [0.717, 1.165) is 88.8 Å². The maximum atomic E-state index is 12.3. The number of urea groups is 2. The molecule has 2 aliphatic heterocycles. The molecule has 0 spiro atoms. The van der Waals surface area contributed by atoms with E-state index in [0.29, 0.717) is 36.9 Å². The summed E-state index contributed by atoms with van der Waals surface area (Å²) in [7, 11) is 0. The predicted molar refractivity (Wildman–Crippen MR) is 179 cm³/mol. The molecular weight excluding hydrogens is 602 g/mol. The SMILES string of the molecule is Cc1ccccc1CNC(=O)N1CCC(CCCC(=O)NO)CC1.Nc1ccc(NC(=O)N2CCC(CCCC(=O)NO)CC2)cc1. The Bertz CT molecular complexity index is 1280. The first kappa shape index (κ1) is 37.1. The summed E-state index contributed by atoms with van der Waals surface area (Å²) >= 11 is 0. The number of nitrogens with two attached hydrogens (primary N) is 1. The lowest BCUT2D eigenvalue weighted by Crippen LogP contribution is -2.44. The van der Waals surface area contributed by atoms with Crippen LogP contribution in [-0.4, -0.2) is 70.3 Å². The van der Waals surface area contributed by atoms with Crippen LogP contribution in [0.15, 0.2) is 48.5 Å². The number of piperidine rings is 2. The summed E-state index contributed by atoms with van der Waals surface area (Å²) in [5, 5.41) is 22.8. The maximum Gasteiger partial charge on any atom is 0.321 e. The van der Waals surface area contributed by atoms with Gasteiger partial charge in [-0.15, -0.1) is 0 Å². The summed E-state index contributed by atoms with van der Waals surface area (Å²) in [4.78, 5) is 50.1. The van der Waals surface area contributed by atoms with Crippen molar-refractivity contribution in [2.24, 2.45) is 11.8 Å². The number of rotatable bonds is 11. The van der Waals surface area contributed by atoms with Gasteiger partial charge in [0.05, 0.1) is 0 Å². The second-order valence-corrected chi connectivity index (χ2v) is 12.4. The first-order valence-electron chi connectivity index (χ1n) is 16.5. The molecule has 2 saturated heterocycles. The van der Waals surface area contributed by atoms with Crippen molar-refractivity contribution in [1.29, 1.82) is 0 Å². The van der Waals surface area contributed by atoms with Crippen LogP contribution in [0.2, 0.25) is 0 Å². The molecule has 2 aromatic rings. The second-order valence-electron chi connectivity index (χ2n) is 12.4. The average Bonchev–Trinajstić information content (AvgIpc) is 3.09. The largest absolute Gasteiger partial charge is 0.399 e. The minimum atomic E-state index is -0.342. The fourth-order valence-electron chi connectivity index (χ4n) is 5.92. The highest BCUT2D eigenvalue weighted by molar-refractivity contribution is 5.89. The van der Waals surface area contributed by atoms with Crippen LogP contribution in [0.1, 0.15) is 75.3 Å². The van der Waals surface area contributed by atoms with Gasteiger partial charge in [0.2, 0.25) is 11.8 Å². The fourth-order valence-corrected chi connectivity index (χ4v) is 5.92. The molecule has 0 bridgehead atoms. The van der Waals surface area contributed by atoms with Crippen molar-refractivity contribution in [1.82, 2.24) is 26.1 Å². The summed E-state index contributed by atoms with van der Waals surface area (Å²) in [6, 6.07) is 15.0. The number of benzene rings is 2. The number of anilines is 2. The molecule has 0 radical (unpaired) electrons. The zero-order chi connectivity index (χ0) is 34.0. The molecule has 2 heterocycles. The molecule has 8 N–H and O–H groups in total. The number of nitrogen functional groups attached to an aromatic ring is 1. The van der Waals surface area contributed by atoms with Gasteiger partial charge in [-0.25, -0.2) is 20.5 Å². The third kappa shape index (κ3) is 13.5. The van der Waals surface area contributed by atoms with Crippen LogP contribution in [-0.2, 0) is 16.1 Å². The fraction of sp³-hybridized carbons (Fsp3) is 0.529. The number of carbonyl (C=O) groups excluding carboxylic acids is 4. The highest BCUT2D eigenvalue weighted by Gasteiger charge is 2.24. The minimum absolute atomic E-state index is 0.00337. The highest BCUT2D eigenvalue weighted by Crippen LogP contribution is 2.24. The normalized spacial score (nSPS) is 15.2. The van der Waals surface area contributed by atoms with E-state index in [4.69, 9.17) is 16.1 Å². The van der Waals surface area contributed by atoms with Crippen molar-refractivity contribution < 1.29 is 29.6 Å². The zero-order valence-electron chi connectivity index (χ0n) is 27.4. The van der Waals surface area contributed by atoms with Gasteiger partial charge in [0.1, 0.15) is 0 Å². The first-order valence-corrected chi connectivity index (χ1v) is 16.5. The number of nitrogens with one attached hydrogen (secondary N) is 4. The summed E-state index contributed by atoms with van der Waals surface area (Å²) in [6.07, 6.45) is 7.96. The molecule has 13 nitrogen and oxygen atoms in total. The lowest BCUT2D eigenvalue weighted by Gasteiger charge is -2.32. The van der Waals surface area contributed by atoms with Crippen molar-refractivity contribution in [3.05, 3.63) is 59.7 Å². The molecule has 13 heteroatoms. The van der Waals surface area contributed by atoms with Gasteiger partial charge in [-0.3, -0.25) is 20.0 Å². The van der Waals surface area contributed by atoms with Gasteiger partial charge in [0, 0.05) is 56.9 Å². The molecule has 4 rings (SSSR count). The van der Waals surface area contributed by atoms with Crippen molar-refractivity contribution in [3.8, 4) is 0 Å². The third-order valence-electron chi connectivity index (χ3n) is 8.94. The third-order valence-corrected chi connectivity index (χ3v) is 8.94. The number of likely N-dealkylation sites (tertiary alicyclic amines) is 2. The average molecular weight is 654 g/mol. The highest BCUT2D eigenvalue weighted by atomic mass is 16.5. The molecule has 2 fully saturated rings. The van der Waals surface area contributed by atoms with Crippen molar-refractivity contribution in [2.75, 3.05) is 37.2 Å². The van der Waals surface area contributed by atoms with Crippen LogP contribution in [0.5, 0.6) is 0 Å². The van der Waals surface area contributed by atoms with Gasteiger partial charge in [-0.1, -0.05) is 24.3 Å². The Morgan fingerprint density at radius 3 is 1.72 bits per heavy atom. The number of aryl methyl sites for hydroxylation is 1. The van der Waals surface area contributed by atoms with Crippen molar-refractivity contribution >= 4 is 35.3 Å².